The van der Waals surface area contributed by atoms with Gasteiger partial charge in [0.15, 0.2) is 23.3 Å². The Morgan fingerprint density at radius 1 is 1.24 bits per heavy atom. The van der Waals surface area contributed by atoms with Crippen LogP contribution in [0.3, 0.4) is 0 Å². The predicted molar refractivity (Wildman–Crippen MR) is 68.2 cm³/mol. The van der Waals surface area contributed by atoms with E-state index in [2.05, 4.69) is 10.6 Å². The van der Waals surface area contributed by atoms with Gasteiger partial charge in [-0.25, -0.2) is 17.6 Å². The number of β-amino-alcohol motifs (C(OH)–C–C–N with tert-alkyl or cyclic N) is 1. The molecule has 1 aliphatic rings. The van der Waals surface area contributed by atoms with Gasteiger partial charge in [0.1, 0.15) is 5.56 Å². The number of nitrogens with one attached hydrogen (secondary N) is 2. The molecule has 0 bridgehead atoms. The van der Waals surface area contributed by atoms with E-state index in [4.69, 9.17) is 0 Å². The van der Waals surface area contributed by atoms with Crippen LogP contribution in [0.2, 0.25) is 0 Å². The van der Waals surface area contributed by atoms with Gasteiger partial charge in [-0.1, -0.05) is 0 Å². The van der Waals surface area contributed by atoms with Gasteiger partial charge < -0.3 is 15.7 Å². The molecule has 4 nitrogen and oxygen atoms in total. The molecule has 2 atom stereocenters. The van der Waals surface area contributed by atoms with Crippen LogP contribution < -0.4 is 10.6 Å². The van der Waals surface area contributed by atoms with E-state index in [1.807, 2.05) is 0 Å². The fraction of sp³-hybridized carbons (Fsp3) is 0.417. The monoisotopic (exact) mass is 328 g/mol. The summed E-state index contributed by atoms with van der Waals surface area (Å²) < 4.78 is 52.7. The van der Waals surface area contributed by atoms with Gasteiger partial charge in [-0.15, -0.1) is 12.4 Å². The Kier molecular flexibility index (Phi) is 5.94. The predicted octanol–water partition coefficient (Wildman–Crippen LogP) is 0.975. The standard InChI is InChI=1S/C12H12F4N2O2.ClH/c13-6-1-7(14)11(16)9(10(6)15)12(20)18-3-5-2-17-4-8(5)19;/h1,5,8,17,19H,2-4H2,(H,18,20);1H. The molecule has 1 aliphatic heterocycles. The number of halogens is 5. The third kappa shape index (κ3) is 3.63. The molecule has 0 saturated carbocycles. The fourth-order valence-electron chi connectivity index (χ4n) is 2.01. The highest BCUT2D eigenvalue weighted by molar-refractivity contribution is 5.94. The Labute approximate surface area is 123 Å². The average molecular weight is 329 g/mol. The smallest absolute Gasteiger partial charge is 0.257 e. The summed E-state index contributed by atoms with van der Waals surface area (Å²) in [5, 5.41) is 14.5. The highest BCUT2D eigenvalue weighted by Crippen LogP contribution is 2.19. The number of carbonyl (C=O) groups is 1. The van der Waals surface area contributed by atoms with Crippen LogP contribution in [-0.2, 0) is 0 Å². The average Bonchev–Trinajstić information content (AvgIpc) is 2.80. The number of aliphatic hydroxyl groups is 1. The molecular weight excluding hydrogens is 316 g/mol. The molecule has 0 spiro atoms. The minimum atomic E-state index is -1.74. The maximum absolute atomic E-state index is 13.4. The van der Waals surface area contributed by atoms with E-state index in [0.29, 0.717) is 13.1 Å². The van der Waals surface area contributed by atoms with E-state index in [0.717, 1.165) is 0 Å². The van der Waals surface area contributed by atoms with E-state index >= 15 is 0 Å². The number of aliphatic hydroxyl groups excluding tert-OH is 1. The zero-order valence-corrected chi connectivity index (χ0v) is 11.4. The molecular formula is C12H13ClF4N2O2. The molecule has 0 radical (unpaired) electrons. The number of rotatable bonds is 3. The van der Waals surface area contributed by atoms with Crippen molar-refractivity contribution in [1.29, 1.82) is 0 Å². The fourth-order valence-corrected chi connectivity index (χ4v) is 2.01. The Morgan fingerprint density at radius 2 is 1.81 bits per heavy atom. The van der Waals surface area contributed by atoms with Crippen molar-refractivity contribution in [3.8, 4) is 0 Å². The number of amides is 1. The molecule has 3 N–H and O–H groups in total. The van der Waals surface area contributed by atoms with Crippen molar-refractivity contribution in [2.45, 2.75) is 6.10 Å². The molecule has 1 aromatic carbocycles. The van der Waals surface area contributed by atoms with E-state index in [1.54, 1.807) is 0 Å². The molecule has 9 heteroatoms. The summed E-state index contributed by atoms with van der Waals surface area (Å²) >= 11 is 0. The second-order valence-corrected chi connectivity index (χ2v) is 4.54. The van der Waals surface area contributed by atoms with Crippen LogP contribution in [0.1, 0.15) is 10.4 Å². The van der Waals surface area contributed by atoms with Gasteiger partial charge in [-0.2, -0.15) is 0 Å². The van der Waals surface area contributed by atoms with Gasteiger partial charge in [-0.05, 0) is 0 Å². The lowest BCUT2D eigenvalue weighted by molar-refractivity contribution is 0.0916. The van der Waals surface area contributed by atoms with Crippen molar-refractivity contribution < 1.29 is 27.5 Å². The first-order chi connectivity index (χ1) is 9.41. The minimum Gasteiger partial charge on any atom is -0.391 e. The first-order valence-corrected chi connectivity index (χ1v) is 5.91. The normalized spacial score (nSPS) is 21.0. The van der Waals surface area contributed by atoms with E-state index < -0.39 is 40.8 Å². The Hall–Kier alpha value is -1.38. The quantitative estimate of drug-likeness (QED) is 0.572. The van der Waals surface area contributed by atoms with Gasteiger partial charge in [0.2, 0.25) is 0 Å². The molecule has 1 saturated heterocycles. The molecule has 1 fully saturated rings. The van der Waals surface area contributed by atoms with Gasteiger partial charge in [0, 0.05) is 31.6 Å². The van der Waals surface area contributed by atoms with Crippen molar-refractivity contribution >= 4 is 18.3 Å². The van der Waals surface area contributed by atoms with Gasteiger partial charge in [0.25, 0.3) is 5.91 Å². The molecule has 2 rings (SSSR count). The zero-order chi connectivity index (χ0) is 14.9. The van der Waals surface area contributed by atoms with Crippen LogP contribution in [0, 0.1) is 29.2 Å². The maximum Gasteiger partial charge on any atom is 0.257 e. The Morgan fingerprint density at radius 3 is 2.29 bits per heavy atom. The summed E-state index contributed by atoms with van der Waals surface area (Å²) in [4.78, 5) is 11.6. The lowest BCUT2D eigenvalue weighted by Gasteiger charge is -2.14. The second-order valence-electron chi connectivity index (χ2n) is 4.54. The van der Waals surface area contributed by atoms with Crippen LogP contribution >= 0.6 is 12.4 Å². The van der Waals surface area contributed by atoms with Crippen LogP contribution in [-0.4, -0.2) is 36.8 Å². The molecule has 0 aliphatic carbocycles. The highest BCUT2D eigenvalue weighted by Gasteiger charge is 2.28. The van der Waals surface area contributed by atoms with Crippen molar-refractivity contribution in [1.82, 2.24) is 10.6 Å². The lowest BCUT2D eigenvalue weighted by Crippen LogP contribution is -2.35. The topological polar surface area (TPSA) is 61.4 Å². The van der Waals surface area contributed by atoms with Crippen LogP contribution in [0.25, 0.3) is 0 Å². The summed E-state index contributed by atoms with van der Waals surface area (Å²) in [5.74, 6) is -8.37. The first-order valence-electron chi connectivity index (χ1n) is 5.91. The SMILES string of the molecule is Cl.O=C(NCC1CNCC1O)c1c(F)c(F)cc(F)c1F. The van der Waals surface area contributed by atoms with Crippen LogP contribution in [0.4, 0.5) is 17.6 Å². The van der Waals surface area contributed by atoms with Gasteiger partial charge >= 0.3 is 0 Å². The molecule has 1 heterocycles. The highest BCUT2D eigenvalue weighted by atomic mass is 35.5. The van der Waals surface area contributed by atoms with Crippen LogP contribution in [0.5, 0.6) is 0 Å². The number of hydrogen-bond acceptors (Lipinski definition) is 3. The van der Waals surface area contributed by atoms with Crippen molar-refractivity contribution in [2.75, 3.05) is 19.6 Å². The van der Waals surface area contributed by atoms with Crippen molar-refractivity contribution in [2.24, 2.45) is 5.92 Å². The number of benzene rings is 1. The lowest BCUT2D eigenvalue weighted by atomic mass is 10.1. The van der Waals surface area contributed by atoms with E-state index in [-0.39, 0.29) is 30.9 Å². The molecule has 21 heavy (non-hydrogen) atoms. The Bertz CT molecular complexity index is 518. The zero-order valence-electron chi connectivity index (χ0n) is 10.6. The van der Waals surface area contributed by atoms with E-state index in [9.17, 15) is 27.5 Å². The molecule has 0 aromatic heterocycles. The Balaban J connectivity index is 0.00000220. The largest absolute Gasteiger partial charge is 0.391 e. The molecule has 118 valence electrons. The summed E-state index contributed by atoms with van der Waals surface area (Å²) in [6.07, 6.45) is -0.700. The minimum absolute atomic E-state index is 0. The summed E-state index contributed by atoms with van der Waals surface area (Å²) in [5.41, 5.74) is -1.30. The first kappa shape index (κ1) is 17.7. The van der Waals surface area contributed by atoms with Crippen molar-refractivity contribution in [3.63, 3.8) is 0 Å². The summed E-state index contributed by atoms with van der Waals surface area (Å²) in [6.45, 7) is 0.700. The van der Waals surface area contributed by atoms with Gasteiger partial charge in [-0.3, -0.25) is 4.79 Å². The number of carbonyl (C=O) groups excluding carboxylic acids is 1. The van der Waals surface area contributed by atoms with Crippen LogP contribution in [0.15, 0.2) is 6.07 Å². The molecule has 2 unspecified atom stereocenters. The van der Waals surface area contributed by atoms with Crippen molar-refractivity contribution in [3.05, 3.63) is 34.9 Å². The maximum atomic E-state index is 13.4. The third-order valence-corrected chi connectivity index (χ3v) is 3.17. The second kappa shape index (κ2) is 7.06. The van der Waals surface area contributed by atoms with E-state index in [1.165, 1.54) is 0 Å². The third-order valence-electron chi connectivity index (χ3n) is 3.17. The van der Waals surface area contributed by atoms with Gasteiger partial charge in [0.05, 0.1) is 6.10 Å². The molecule has 1 aromatic rings. The number of hydrogen-bond donors (Lipinski definition) is 3. The summed E-state index contributed by atoms with van der Waals surface area (Å²) in [6, 6.07) is 0.0338. The molecule has 1 amide bonds. The summed E-state index contributed by atoms with van der Waals surface area (Å²) in [7, 11) is 0.